The maximum Gasteiger partial charge on any atom is 0.309 e. The van der Waals surface area contributed by atoms with Crippen molar-refractivity contribution in [1.29, 1.82) is 0 Å². The van der Waals surface area contributed by atoms with Crippen molar-refractivity contribution in [2.24, 2.45) is 11.3 Å². The number of amides is 2. The van der Waals surface area contributed by atoms with Crippen LogP contribution in [0, 0.1) is 11.3 Å². The van der Waals surface area contributed by atoms with Gasteiger partial charge in [-0.1, -0.05) is 40.5 Å². The zero-order valence-corrected chi connectivity index (χ0v) is 14.1. The molecular formula is C17H32N2O2. The van der Waals surface area contributed by atoms with Gasteiger partial charge in [0, 0.05) is 12.6 Å². The van der Waals surface area contributed by atoms with E-state index in [1.807, 2.05) is 0 Å². The first-order chi connectivity index (χ1) is 9.90. The van der Waals surface area contributed by atoms with Gasteiger partial charge in [-0.3, -0.25) is 9.59 Å². The summed E-state index contributed by atoms with van der Waals surface area (Å²) in [6.45, 7) is 9.55. The monoisotopic (exact) mass is 296 g/mol. The van der Waals surface area contributed by atoms with Gasteiger partial charge < -0.3 is 10.6 Å². The van der Waals surface area contributed by atoms with Crippen LogP contribution < -0.4 is 10.6 Å². The Hall–Kier alpha value is -1.06. The summed E-state index contributed by atoms with van der Waals surface area (Å²) in [4.78, 5) is 23.5. The highest BCUT2D eigenvalue weighted by Gasteiger charge is 2.32. The van der Waals surface area contributed by atoms with Crippen LogP contribution in [0.3, 0.4) is 0 Å². The smallest absolute Gasteiger partial charge is 0.309 e. The van der Waals surface area contributed by atoms with Crippen molar-refractivity contribution in [3.63, 3.8) is 0 Å². The lowest BCUT2D eigenvalue weighted by atomic mass is 9.69. The molecule has 1 rings (SSSR count). The normalized spacial score (nSPS) is 22.7. The molecular weight excluding hydrogens is 264 g/mol. The third kappa shape index (κ3) is 5.68. The minimum atomic E-state index is -0.487. The van der Waals surface area contributed by atoms with Crippen LogP contribution in [0.4, 0.5) is 0 Å². The van der Waals surface area contributed by atoms with Crippen molar-refractivity contribution in [2.45, 2.75) is 78.7 Å². The van der Waals surface area contributed by atoms with Gasteiger partial charge in [0.05, 0.1) is 0 Å². The summed E-state index contributed by atoms with van der Waals surface area (Å²) in [5, 5.41) is 5.55. The number of carbonyl (C=O) groups is 2. The third-order valence-corrected chi connectivity index (χ3v) is 5.10. The molecule has 0 aromatic heterocycles. The van der Waals surface area contributed by atoms with Gasteiger partial charge in [0.1, 0.15) is 0 Å². The predicted octanol–water partition coefficient (Wildman–Crippen LogP) is 3.01. The van der Waals surface area contributed by atoms with E-state index in [9.17, 15) is 9.59 Å². The lowest BCUT2D eigenvalue weighted by Gasteiger charge is -2.39. The summed E-state index contributed by atoms with van der Waals surface area (Å²) < 4.78 is 0. The van der Waals surface area contributed by atoms with Gasteiger partial charge in [-0.2, -0.15) is 0 Å². The van der Waals surface area contributed by atoms with E-state index in [1.165, 1.54) is 6.42 Å². The van der Waals surface area contributed by atoms with Crippen LogP contribution >= 0.6 is 0 Å². The molecule has 0 aromatic carbocycles. The Balaban J connectivity index is 2.32. The Labute approximate surface area is 129 Å². The average molecular weight is 296 g/mol. The molecule has 0 unspecified atom stereocenters. The summed E-state index contributed by atoms with van der Waals surface area (Å²) in [7, 11) is 0. The average Bonchev–Trinajstić information content (AvgIpc) is 2.48. The van der Waals surface area contributed by atoms with Gasteiger partial charge in [0.15, 0.2) is 0 Å². The highest BCUT2D eigenvalue weighted by atomic mass is 16.2. The van der Waals surface area contributed by atoms with Crippen LogP contribution in [0.5, 0.6) is 0 Å². The molecule has 2 N–H and O–H groups in total. The second-order valence-corrected chi connectivity index (χ2v) is 6.97. The fourth-order valence-electron chi connectivity index (χ4n) is 3.02. The van der Waals surface area contributed by atoms with Crippen molar-refractivity contribution in [3.8, 4) is 0 Å². The molecule has 0 aliphatic heterocycles. The SMILES string of the molecule is CCCCNC(=O)C(=O)NC1CCC(C(C)(C)CC)CC1. The minimum absolute atomic E-state index is 0.165. The highest BCUT2D eigenvalue weighted by Crippen LogP contribution is 2.40. The van der Waals surface area contributed by atoms with Gasteiger partial charge >= 0.3 is 11.8 Å². The molecule has 0 aromatic rings. The van der Waals surface area contributed by atoms with Crippen LogP contribution in [0.1, 0.15) is 72.6 Å². The summed E-state index contributed by atoms with van der Waals surface area (Å²) in [6, 6.07) is 0.165. The Bertz CT molecular complexity index is 345. The Morgan fingerprint density at radius 3 is 2.19 bits per heavy atom. The Morgan fingerprint density at radius 2 is 1.67 bits per heavy atom. The van der Waals surface area contributed by atoms with Gasteiger partial charge in [-0.25, -0.2) is 0 Å². The van der Waals surface area contributed by atoms with E-state index in [2.05, 4.69) is 38.3 Å². The molecule has 1 aliphatic rings. The van der Waals surface area contributed by atoms with Crippen molar-refractivity contribution in [2.75, 3.05) is 6.54 Å². The van der Waals surface area contributed by atoms with Crippen molar-refractivity contribution in [3.05, 3.63) is 0 Å². The molecule has 4 nitrogen and oxygen atoms in total. The van der Waals surface area contributed by atoms with Gasteiger partial charge in [-0.05, 0) is 43.4 Å². The summed E-state index contributed by atoms with van der Waals surface area (Å²) in [6.07, 6.45) is 7.38. The number of hydrogen-bond donors (Lipinski definition) is 2. The Kier molecular flexibility index (Phi) is 7.20. The molecule has 0 radical (unpaired) electrons. The van der Waals surface area contributed by atoms with Crippen LogP contribution in [-0.2, 0) is 9.59 Å². The van der Waals surface area contributed by atoms with Crippen LogP contribution in [0.2, 0.25) is 0 Å². The molecule has 0 saturated heterocycles. The first-order valence-corrected chi connectivity index (χ1v) is 8.49. The second kappa shape index (κ2) is 8.40. The molecule has 0 spiro atoms. The fourth-order valence-corrected chi connectivity index (χ4v) is 3.02. The van der Waals surface area contributed by atoms with Gasteiger partial charge in [0.25, 0.3) is 0 Å². The van der Waals surface area contributed by atoms with E-state index in [1.54, 1.807) is 0 Å². The van der Waals surface area contributed by atoms with Crippen molar-refractivity contribution in [1.82, 2.24) is 10.6 Å². The molecule has 0 atom stereocenters. The first-order valence-electron chi connectivity index (χ1n) is 8.49. The maximum atomic E-state index is 11.8. The first kappa shape index (κ1) is 18.0. The largest absolute Gasteiger partial charge is 0.348 e. The number of unbranched alkanes of at least 4 members (excludes halogenated alkanes) is 1. The minimum Gasteiger partial charge on any atom is -0.348 e. The van der Waals surface area contributed by atoms with Crippen LogP contribution in [0.15, 0.2) is 0 Å². The molecule has 0 heterocycles. The predicted molar refractivity (Wildman–Crippen MR) is 85.9 cm³/mol. The third-order valence-electron chi connectivity index (χ3n) is 5.10. The van der Waals surface area contributed by atoms with Crippen LogP contribution in [-0.4, -0.2) is 24.4 Å². The molecule has 2 amide bonds. The zero-order chi connectivity index (χ0) is 15.9. The fraction of sp³-hybridized carbons (Fsp3) is 0.882. The zero-order valence-electron chi connectivity index (χ0n) is 14.1. The quantitative estimate of drug-likeness (QED) is 0.585. The van der Waals surface area contributed by atoms with Crippen LogP contribution in [0.25, 0.3) is 0 Å². The standard InChI is InChI=1S/C17H32N2O2/c1-5-7-12-18-15(20)16(21)19-14-10-8-13(9-11-14)17(3,4)6-2/h13-14H,5-12H2,1-4H3,(H,18,20)(H,19,21). The van der Waals surface area contributed by atoms with E-state index in [4.69, 9.17) is 0 Å². The number of nitrogens with one attached hydrogen (secondary N) is 2. The molecule has 1 fully saturated rings. The molecule has 122 valence electrons. The summed E-state index contributed by atoms with van der Waals surface area (Å²) in [5.41, 5.74) is 0.381. The number of rotatable bonds is 6. The Morgan fingerprint density at radius 1 is 1.05 bits per heavy atom. The molecule has 1 aliphatic carbocycles. The topological polar surface area (TPSA) is 58.2 Å². The van der Waals surface area contributed by atoms with E-state index >= 15 is 0 Å². The number of carbonyl (C=O) groups excluding carboxylic acids is 2. The molecule has 1 saturated carbocycles. The lowest BCUT2D eigenvalue weighted by Crippen LogP contribution is -2.46. The molecule has 0 bridgehead atoms. The number of hydrogen-bond acceptors (Lipinski definition) is 2. The van der Waals surface area contributed by atoms with E-state index < -0.39 is 11.8 Å². The second-order valence-electron chi connectivity index (χ2n) is 6.97. The summed E-state index contributed by atoms with van der Waals surface area (Å²) in [5.74, 6) is -0.224. The van der Waals surface area contributed by atoms with Gasteiger partial charge in [-0.15, -0.1) is 0 Å². The van der Waals surface area contributed by atoms with E-state index in [-0.39, 0.29) is 6.04 Å². The van der Waals surface area contributed by atoms with Crippen molar-refractivity contribution < 1.29 is 9.59 Å². The summed E-state index contributed by atoms with van der Waals surface area (Å²) >= 11 is 0. The van der Waals surface area contributed by atoms with Gasteiger partial charge in [0.2, 0.25) is 0 Å². The molecule has 21 heavy (non-hydrogen) atoms. The lowest BCUT2D eigenvalue weighted by molar-refractivity contribution is -0.139. The van der Waals surface area contributed by atoms with E-state index in [0.717, 1.165) is 44.4 Å². The highest BCUT2D eigenvalue weighted by molar-refractivity contribution is 6.35. The van der Waals surface area contributed by atoms with Crippen molar-refractivity contribution >= 4 is 11.8 Å². The van der Waals surface area contributed by atoms with E-state index in [0.29, 0.717) is 12.0 Å². The molecule has 4 heteroatoms. The maximum absolute atomic E-state index is 11.8.